The van der Waals surface area contributed by atoms with Crippen LogP contribution in [0.5, 0.6) is 0 Å². The Hall–Kier alpha value is -0.430. The fourth-order valence-corrected chi connectivity index (χ4v) is 4.04. The molecule has 0 aliphatic carbocycles. The Morgan fingerprint density at radius 3 is 2.74 bits per heavy atom. The molecule has 132 valence electrons. The molecule has 6 atom stereocenters. The van der Waals surface area contributed by atoms with Crippen LogP contribution in [0.1, 0.15) is 33.1 Å². The molecule has 4 N–H and O–H groups in total. The van der Waals surface area contributed by atoms with Crippen LogP contribution in [-0.2, 0) is 0 Å². The maximum atomic E-state index is 10.7. The molecule has 0 aromatic heterocycles. The molecule has 6 heteroatoms. The van der Waals surface area contributed by atoms with Crippen LogP contribution < -0.4 is 0 Å². The molecule has 0 saturated carbocycles. The molecule has 2 fully saturated rings. The third kappa shape index (κ3) is 3.81. The van der Waals surface area contributed by atoms with Crippen molar-refractivity contribution in [2.24, 2.45) is 0 Å². The molecular weight excluding hydrogens is 318 g/mol. The average Bonchev–Trinajstić information content (AvgIpc) is 2.68. The number of hydrogen-bond acceptors (Lipinski definition) is 5. The van der Waals surface area contributed by atoms with Crippen LogP contribution >= 0.6 is 11.6 Å². The van der Waals surface area contributed by atoms with Crippen molar-refractivity contribution in [3.05, 3.63) is 23.8 Å². The highest BCUT2D eigenvalue weighted by Crippen LogP contribution is 2.42. The van der Waals surface area contributed by atoms with Gasteiger partial charge in [0.2, 0.25) is 0 Å². The number of hydrogen-bond donors (Lipinski definition) is 4. The lowest BCUT2D eigenvalue weighted by atomic mass is 9.86. The van der Waals surface area contributed by atoms with Crippen molar-refractivity contribution >= 4 is 11.6 Å². The number of alkyl halides is 1. The number of fused-ring (bicyclic) bond motifs is 1. The zero-order valence-corrected chi connectivity index (χ0v) is 14.5. The molecule has 2 aliphatic heterocycles. The van der Waals surface area contributed by atoms with Gasteiger partial charge in [0.05, 0.1) is 23.6 Å². The average molecular weight is 346 g/mol. The van der Waals surface area contributed by atoms with Crippen molar-refractivity contribution in [3.8, 4) is 0 Å². The summed E-state index contributed by atoms with van der Waals surface area (Å²) in [4.78, 5) is 2.00. The summed E-state index contributed by atoms with van der Waals surface area (Å²) in [5.41, 5.74) is -0.313. The summed E-state index contributed by atoms with van der Waals surface area (Å²) >= 11 is 6.15. The molecule has 0 radical (unpaired) electrons. The third-order valence-electron chi connectivity index (χ3n) is 5.05. The predicted molar refractivity (Wildman–Crippen MR) is 90.4 cm³/mol. The van der Waals surface area contributed by atoms with E-state index in [9.17, 15) is 15.3 Å². The normalized spacial score (nSPS) is 42.4. The summed E-state index contributed by atoms with van der Waals surface area (Å²) < 4.78 is 0. The van der Waals surface area contributed by atoms with Crippen molar-refractivity contribution in [1.29, 1.82) is 0 Å². The molecule has 2 aliphatic rings. The Bertz CT molecular complexity index is 466. The molecule has 23 heavy (non-hydrogen) atoms. The molecule has 0 unspecified atom stereocenters. The fraction of sp³-hybridized carbons (Fsp3) is 0.765. The molecule has 0 amide bonds. The first-order valence-corrected chi connectivity index (χ1v) is 8.65. The summed E-state index contributed by atoms with van der Waals surface area (Å²) in [5, 5.41) is 40.0. The van der Waals surface area contributed by atoms with Gasteiger partial charge >= 0.3 is 0 Å². The Morgan fingerprint density at radius 2 is 2.09 bits per heavy atom. The van der Waals surface area contributed by atoms with Gasteiger partial charge in [0, 0.05) is 19.2 Å². The lowest BCUT2D eigenvalue weighted by Crippen LogP contribution is -2.59. The van der Waals surface area contributed by atoms with Gasteiger partial charge in [0.15, 0.2) is 0 Å². The standard InChI is InChI=1S/C17H28ClNO4/c1-11(6-4-3-5-9-20)10-13-16(22)17(2,23)15-14(21)12(18)7-8-19(13)15/h3-4,6,12-16,20-23H,5,7-10H2,1-2H3/b4-3+,11-6+/t12-,13-,14+,15+,16-,17-/m0/s1. The highest BCUT2D eigenvalue weighted by molar-refractivity contribution is 6.21. The van der Waals surface area contributed by atoms with Crippen LogP contribution in [-0.4, -0.2) is 73.7 Å². The lowest BCUT2D eigenvalue weighted by Gasteiger charge is -2.42. The number of piperidine rings is 1. The van der Waals surface area contributed by atoms with E-state index in [1.165, 1.54) is 0 Å². The van der Waals surface area contributed by atoms with E-state index in [1.807, 2.05) is 30.1 Å². The predicted octanol–water partition coefficient (Wildman–Crippen LogP) is 0.798. The summed E-state index contributed by atoms with van der Waals surface area (Å²) in [6, 6.07) is -0.784. The summed E-state index contributed by atoms with van der Waals surface area (Å²) in [5.74, 6) is 0. The molecule has 2 heterocycles. The Balaban J connectivity index is 2.13. The molecular formula is C17H28ClNO4. The second kappa shape index (κ2) is 7.64. The first-order chi connectivity index (χ1) is 10.8. The van der Waals surface area contributed by atoms with E-state index in [0.717, 1.165) is 5.57 Å². The van der Waals surface area contributed by atoms with Gasteiger partial charge in [-0.25, -0.2) is 0 Å². The van der Waals surface area contributed by atoms with Crippen molar-refractivity contribution in [3.63, 3.8) is 0 Å². The van der Waals surface area contributed by atoms with Gasteiger partial charge in [0.1, 0.15) is 5.60 Å². The van der Waals surface area contributed by atoms with Crippen LogP contribution in [0.15, 0.2) is 23.8 Å². The van der Waals surface area contributed by atoms with Gasteiger partial charge in [-0.2, -0.15) is 0 Å². The smallest absolute Gasteiger partial charge is 0.107 e. The largest absolute Gasteiger partial charge is 0.396 e. The molecule has 0 aromatic carbocycles. The van der Waals surface area contributed by atoms with Crippen molar-refractivity contribution < 1.29 is 20.4 Å². The van der Waals surface area contributed by atoms with E-state index in [0.29, 0.717) is 25.8 Å². The first-order valence-electron chi connectivity index (χ1n) is 8.22. The molecule has 0 spiro atoms. The summed E-state index contributed by atoms with van der Waals surface area (Å²) in [7, 11) is 0. The minimum atomic E-state index is -1.38. The van der Waals surface area contributed by atoms with Crippen LogP contribution in [0.3, 0.4) is 0 Å². The van der Waals surface area contributed by atoms with Crippen LogP contribution in [0.4, 0.5) is 0 Å². The summed E-state index contributed by atoms with van der Waals surface area (Å²) in [6.07, 6.45) is 5.80. The van der Waals surface area contributed by atoms with E-state index in [1.54, 1.807) is 6.92 Å². The van der Waals surface area contributed by atoms with Crippen LogP contribution in [0.2, 0.25) is 0 Å². The Kier molecular flexibility index (Phi) is 6.28. The Labute approximate surface area is 142 Å². The number of allylic oxidation sites excluding steroid dienone is 2. The van der Waals surface area contributed by atoms with Gasteiger partial charge in [-0.15, -0.1) is 11.6 Å². The monoisotopic (exact) mass is 345 g/mol. The quantitative estimate of drug-likeness (QED) is 0.437. The topological polar surface area (TPSA) is 84.2 Å². The number of aliphatic hydroxyl groups is 4. The first kappa shape index (κ1) is 18.9. The van der Waals surface area contributed by atoms with E-state index in [4.69, 9.17) is 16.7 Å². The van der Waals surface area contributed by atoms with Crippen LogP contribution in [0.25, 0.3) is 0 Å². The van der Waals surface area contributed by atoms with E-state index < -0.39 is 29.2 Å². The maximum absolute atomic E-state index is 10.7. The lowest BCUT2D eigenvalue weighted by molar-refractivity contribution is -0.0912. The highest BCUT2D eigenvalue weighted by Gasteiger charge is 2.59. The SMILES string of the molecule is C/C(=C\C=C\CCO)C[C@H]1[C@H](O)[C@@](C)(O)[C@H]2[C@H](O)[C@@H](Cl)CCN12. The molecule has 0 aromatic rings. The van der Waals surface area contributed by atoms with Gasteiger partial charge in [-0.1, -0.05) is 23.8 Å². The number of nitrogens with zero attached hydrogens (tertiary/aromatic N) is 1. The van der Waals surface area contributed by atoms with Crippen molar-refractivity contribution in [2.75, 3.05) is 13.2 Å². The van der Waals surface area contributed by atoms with Crippen LogP contribution in [0, 0.1) is 0 Å². The second-order valence-electron chi connectivity index (χ2n) is 6.87. The maximum Gasteiger partial charge on any atom is 0.107 e. The second-order valence-corrected chi connectivity index (χ2v) is 7.43. The zero-order valence-electron chi connectivity index (χ0n) is 13.8. The van der Waals surface area contributed by atoms with Crippen molar-refractivity contribution in [2.45, 2.75) is 68.4 Å². The molecule has 0 bridgehead atoms. The van der Waals surface area contributed by atoms with E-state index >= 15 is 0 Å². The third-order valence-corrected chi connectivity index (χ3v) is 5.52. The van der Waals surface area contributed by atoms with Gasteiger partial charge in [-0.05, 0) is 33.1 Å². The van der Waals surface area contributed by atoms with E-state index in [-0.39, 0.29) is 12.6 Å². The molecule has 2 saturated heterocycles. The fourth-order valence-electron chi connectivity index (χ4n) is 3.81. The number of aliphatic hydroxyl groups excluding tert-OH is 3. The zero-order chi connectivity index (χ0) is 17.2. The number of halogens is 1. The summed E-state index contributed by atoms with van der Waals surface area (Å²) in [6.45, 7) is 4.33. The minimum Gasteiger partial charge on any atom is -0.396 e. The highest BCUT2D eigenvalue weighted by atomic mass is 35.5. The van der Waals surface area contributed by atoms with E-state index in [2.05, 4.69) is 0 Å². The van der Waals surface area contributed by atoms with Gasteiger partial charge in [0.25, 0.3) is 0 Å². The van der Waals surface area contributed by atoms with Gasteiger partial charge < -0.3 is 20.4 Å². The molecule has 5 nitrogen and oxygen atoms in total. The number of rotatable bonds is 5. The molecule has 2 rings (SSSR count). The minimum absolute atomic E-state index is 0.126. The van der Waals surface area contributed by atoms with Crippen molar-refractivity contribution in [1.82, 2.24) is 4.90 Å². The van der Waals surface area contributed by atoms with Gasteiger partial charge in [-0.3, -0.25) is 4.90 Å². The Morgan fingerprint density at radius 1 is 1.39 bits per heavy atom.